The molecule has 4 N–H and O–H groups in total. The second-order valence-electron chi connectivity index (χ2n) is 4.26. The molecular weight excluding hydrogens is 234 g/mol. The van der Waals surface area contributed by atoms with Gasteiger partial charge >= 0.3 is 0 Å². The van der Waals surface area contributed by atoms with Gasteiger partial charge in [0.15, 0.2) is 0 Å². The molecule has 0 fully saturated rings. The summed E-state index contributed by atoms with van der Waals surface area (Å²) in [5, 5.41) is 5.25. The largest absolute Gasteiger partial charge is 0.383 e. The van der Waals surface area contributed by atoms with Crippen LogP contribution in [0.2, 0.25) is 0 Å². The molecule has 0 saturated carbocycles. The molecule has 0 aliphatic rings. The van der Waals surface area contributed by atoms with Crippen LogP contribution in [-0.4, -0.2) is 44.2 Å². The fourth-order valence-corrected chi connectivity index (χ4v) is 1.37. The number of carbonyl (C=O) groups excluding carboxylic acids is 2. The van der Waals surface area contributed by atoms with Gasteiger partial charge in [-0.15, -0.1) is 0 Å². The SMILES string of the molecule is CCCCC(N)C(=O)NC(C)C(=O)NCCOC. The molecule has 0 bridgehead atoms. The third-order valence-electron chi connectivity index (χ3n) is 2.56. The van der Waals surface area contributed by atoms with Gasteiger partial charge in [0, 0.05) is 13.7 Å². The van der Waals surface area contributed by atoms with Crippen molar-refractivity contribution in [1.82, 2.24) is 10.6 Å². The van der Waals surface area contributed by atoms with E-state index in [4.69, 9.17) is 10.5 Å². The van der Waals surface area contributed by atoms with Crippen LogP contribution in [-0.2, 0) is 14.3 Å². The number of carbonyl (C=O) groups is 2. The molecule has 0 heterocycles. The number of amides is 2. The molecule has 2 amide bonds. The maximum absolute atomic E-state index is 11.7. The highest BCUT2D eigenvalue weighted by Gasteiger charge is 2.19. The van der Waals surface area contributed by atoms with Crippen LogP contribution in [0.1, 0.15) is 33.1 Å². The Morgan fingerprint density at radius 1 is 1.33 bits per heavy atom. The summed E-state index contributed by atoms with van der Waals surface area (Å²) in [4.78, 5) is 23.2. The number of nitrogens with two attached hydrogens (primary N) is 1. The highest BCUT2D eigenvalue weighted by atomic mass is 16.5. The molecule has 0 aromatic rings. The minimum Gasteiger partial charge on any atom is -0.383 e. The van der Waals surface area contributed by atoms with Gasteiger partial charge in [-0.25, -0.2) is 0 Å². The summed E-state index contributed by atoms with van der Waals surface area (Å²) >= 11 is 0. The molecule has 2 unspecified atom stereocenters. The Hall–Kier alpha value is -1.14. The van der Waals surface area contributed by atoms with Gasteiger partial charge in [-0.05, 0) is 13.3 Å². The van der Waals surface area contributed by atoms with Gasteiger partial charge in [0.25, 0.3) is 0 Å². The van der Waals surface area contributed by atoms with E-state index < -0.39 is 12.1 Å². The second-order valence-corrected chi connectivity index (χ2v) is 4.26. The van der Waals surface area contributed by atoms with Gasteiger partial charge in [0.05, 0.1) is 12.6 Å². The topological polar surface area (TPSA) is 93.5 Å². The zero-order valence-corrected chi connectivity index (χ0v) is 11.5. The zero-order valence-electron chi connectivity index (χ0n) is 11.5. The fraction of sp³-hybridized carbons (Fsp3) is 0.833. The first-order valence-electron chi connectivity index (χ1n) is 6.35. The first-order chi connectivity index (χ1) is 8.52. The van der Waals surface area contributed by atoms with Gasteiger partial charge in [-0.3, -0.25) is 9.59 Å². The third-order valence-corrected chi connectivity index (χ3v) is 2.56. The van der Waals surface area contributed by atoms with Crippen LogP contribution in [0.25, 0.3) is 0 Å². The summed E-state index contributed by atoms with van der Waals surface area (Å²) in [6, 6.07) is -1.12. The van der Waals surface area contributed by atoms with Gasteiger partial charge in [0.1, 0.15) is 6.04 Å². The molecule has 106 valence electrons. The Balaban J connectivity index is 3.94. The molecule has 0 saturated heterocycles. The van der Waals surface area contributed by atoms with E-state index in [2.05, 4.69) is 10.6 Å². The molecule has 0 aliphatic heterocycles. The van der Waals surface area contributed by atoms with Crippen molar-refractivity contribution in [2.24, 2.45) is 5.73 Å². The Bertz CT molecular complexity index is 259. The van der Waals surface area contributed by atoms with Gasteiger partial charge in [0.2, 0.25) is 11.8 Å². The molecule has 6 heteroatoms. The van der Waals surface area contributed by atoms with Crippen molar-refractivity contribution >= 4 is 11.8 Å². The lowest BCUT2D eigenvalue weighted by Crippen LogP contribution is -2.50. The number of unbranched alkanes of at least 4 members (excludes halogenated alkanes) is 1. The van der Waals surface area contributed by atoms with E-state index in [1.54, 1.807) is 14.0 Å². The van der Waals surface area contributed by atoms with Crippen molar-refractivity contribution in [3.8, 4) is 0 Å². The first kappa shape index (κ1) is 16.9. The number of hydrogen-bond acceptors (Lipinski definition) is 4. The molecule has 0 spiro atoms. The normalized spacial score (nSPS) is 13.8. The molecule has 0 aromatic carbocycles. The van der Waals surface area contributed by atoms with Crippen LogP contribution in [0.4, 0.5) is 0 Å². The minimum atomic E-state index is -0.581. The van der Waals surface area contributed by atoms with Crippen molar-refractivity contribution in [3.05, 3.63) is 0 Å². The van der Waals surface area contributed by atoms with Gasteiger partial charge in [-0.2, -0.15) is 0 Å². The van der Waals surface area contributed by atoms with E-state index in [9.17, 15) is 9.59 Å². The van der Waals surface area contributed by atoms with Crippen molar-refractivity contribution in [3.63, 3.8) is 0 Å². The van der Waals surface area contributed by atoms with Crippen molar-refractivity contribution in [2.45, 2.75) is 45.2 Å². The van der Waals surface area contributed by atoms with Crippen LogP contribution in [0, 0.1) is 0 Å². The van der Waals surface area contributed by atoms with Crippen molar-refractivity contribution < 1.29 is 14.3 Å². The van der Waals surface area contributed by atoms with E-state index in [0.717, 1.165) is 12.8 Å². The molecule has 18 heavy (non-hydrogen) atoms. The smallest absolute Gasteiger partial charge is 0.242 e. The van der Waals surface area contributed by atoms with E-state index in [-0.39, 0.29) is 11.8 Å². The number of rotatable bonds is 9. The number of nitrogens with one attached hydrogen (secondary N) is 2. The zero-order chi connectivity index (χ0) is 14.0. The Morgan fingerprint density at radius 3 is 2.56 bits per heavy atom. The molecule has 0 rings (SSSR count). The molecule has 0 aromatic heterocycles. The lowest BCUT2D eigenvalue weighted by atomic mass is 10.1. The Morgan fingerprint density at radius 2 is 2.00 bits per heavy atom. The summed E-state index contributed by atoms with van der Waals surface area (Å²) in [5.74, 6) is -0.513. The van der Waals surface area contributed by atoms with E-state index in [0.29, 0.717) is 19.6 Å². The maximum Gasteiger partial charge on any atom is 0.242 e. The van der Waals surface area contributed by atoms with Crippen LogP contribution < -0.4 is 16.4 Å². The van der Waals surface area contributed by atoms with Crippen LogP contribution in [0.15, 0.2) is 0 Å². The lowest BCUT2D eigenvalue weighted by molar-refractivity contribution is -0.129. The van der Waals surface area contributed by atoms with Gasteiger partial charge in [-0.1, -0.05) is 19.8 Å². The summed E-state index contributed by atoms with van der Waals surface area (Å²) in [6.45, 7) is 4.54. The fourth-order valence-electron chi connectivity index (χ4n) is 1.37. The van der Waals surface area contributed by atoms with E-state index >= 15 is 0 Å². The average Bonchev–Trinajstić information content (AvgIpc) is 2.35. The van der Waals surface area contributed by atoms with Gasteiger partial charge < -0.3 is 21.1 Å². The predicted octanol–water partition coefficient (Wildman–Crippen LogP) is -0.229. The Kier molecular flexibility index (Phi) is 9.22. The monoisotopic (exact) mass is 259 g/mol. The maximum atomic E-state index is 11.7. The summed E-state index contributed by atoms with van der Waals surface area (Å²) in [6.07, 6.45) is 2.54. The predicted molar refractivity (Wildman–Crippen MR) is 70.0 cm³/mol. The van der Waals surface area contributed by atoms with Crippen molar-refractivity contribution in [1.29, 1.82) is 0 Å². The molecule has 2 atom stereocenters. The summed E-state index contributed by atoms with van der Waals surface area (Å²) in [7, 11) is 1.56. The average molecular weight is 259 g/mol. The van der Waals surface area contributed by atoms with Crippen LogP contribution in [0.3, 0.4) is 0 Å². The third kappa shape index (κ3) is 7.24. The summed E-state index contributed by atoms with van der Waals surface area (Å²) < 4.78 is 4.81. The Labute approximate surface area is 109 Å². The molecular formula is C12H25N3O3. The number of methoxy groups -OCH3 is 1. The van der Waals surface area contributed by atoms with Crippen LogP contribution in [0.5, 0.6) is 0 Å². The molecule has 0 aliphatic carbocycles. The highest BCUT2D eigenvalue weighted by Crippen LogP contribution is 1.98. The van der Waals surface area contributed by atoms with Crippen LogP contribution >= 0.6 is 0 Å². The number of hydrogen-bond donors (Lipinski definition) is 3. The van der Waals surface area contributed by atoms with Crippen molar-refractivity contribution in [2.75, 3.05) is 20.3 Å². The first-order valence-corrected chi connectivity index (χ1v) is 6.35. The highest BCUT2D eigenvalue weighted by molar-refractivity contribution is 5.89. The molecule has 0 radical (unpaired) electrons. The summed E-state index contributed by atoms with van der Waals surface area (Å²) in [5.41, 5.74) is 5.71. The quantitative estimate of drug-likeness (QED) is 0.499. The second kappa shape index (κ2) is 9.85. The van der Waals surface area contributed by atoms with E-state index in [1.165, 1.54) is 0 Å². The standard InChI is InChI=1S/C12H25N3O3/c1-4-5-6-10(13)12(17)15-9(2)11(16)14-7-8-18-3/h9-10H,4-8,13H2,1-3H3,(H,14,16)(H,15,17). The van der Waals surface area contributed by atoms with E-state index in [1.807, 2.05) is 6.92 Å². The minimum absolute atomic E-state index is 0.233. The number of ether oxygens (including phenoxy) is 1. The lowest BCUT2D eigenvalue weighted by Gasteiger charge is -2.17. The molecule has 6 nitrogen and oxygen atoms in total.